The highest BCUT2D eigenvalue weighted by atomic mass is 16.3. The second kappa shape index (κ2) is 7.38. The lowest BCUT2D eigenvalue weighted by atomic mass is 9.90. The lowest BCUT2D eigenvalue weighted by Gasteiger charge is -2.32. The van der Waals surface area contributed by atoms with Crippen LogP contribution in [-0.4, -0.2) is 34.0 Å². The zero-order valence-corrected chi connectivity index (χ0v) is 13.2. The molecular formula is C19H22N2O2. The fraction of sp³-hybridized carbons (Fsp3) is 0.368. The van der Waals surface area contributed by atoms with Gasteiger partial charge in [-0.1, -0.05) is 30.3 Å². The Hall–Kier alpha value is -2.20. The summed E-state index contributed by atoms with van der Waals surface area (Å²) in [6.45, 7) is 1.69. The molecular weight excluding hydrogens is 288 g/mol. The third kappa shape index (κ3) is 3.96. The number of carbonyl (C=O) groups is 1. The number of carbonyl (C=O) groups excluding carboxylic acids is 1. The van der Waals surface area contributed by atoms with Gasteiger partial charge >= 0.3 is 0 Å². The molecule has 0 unspecified atom stereocenters. The largest absolute Gasteiger partial charge is 0.392 e. The predicted octanol–water partition coefficient (Wildman–Crippen LogP) is 2.67. The van der Waals surface area contributed by atoms with Crippen molar-refractivity contribution in [3.8, 4) is 0 Å². The predicted molar refractivity (Wildman–Crippen MR) is 88.9 cm³/mol. The first-order chi connectivity index (χ1) is 11.3. The van der Waals surface area contributed by atoms with Crippen molar-refractivity contribution in [2.24, 2.45) is 5.92 Å². The molecule has 0 spiro atoms. The zero-order valence-electron chi connectivity index (χ0n) is 13.2. The van der Waals surface area contributed by atoms with Crippen LogP contribution in [0.2, 0.25) is 0 Å². The minimum absolute atomic E-state index is 0.0383. The average Bonchev–Trinajstić information content (AvgIpc) is 2.63. The summed E-state index contributed by atoms with van der Waals surface area (Å²) >= 11 is 0. The Labute approximate surface area is 136 Å². The van der Waals surface area contributed by atoms with Gasteiger partial charge in [-0.2, -0.15) is 0 Å². The number of piperidine rings is 1. The standard InChI is InChI=1S/C19H22N2O2/c22-14-17-6-4-15(5-7-17)13-16-8-11-21(12-9-16)19(23)18-3-1-2-10-20-18/h1-7,10,16,22H,8-9,11-14H2. The Morgan fingerprint density at radius 2 is 1.78 bits per heavy atom. The maximum absolute atomic E-state index is 12.4. The molecule has 2 aromatic rings. The van der Waals surface area contributed by atoms with Crippen LogP contribution in [-0.2, 0) is 13.0 Å². The number of nitrogens with zero attached hydrogens (tertiary/aromatic N) is 2. The summed E-state index contributed by atoms with van der Waals surface area (Å²) in [5, 5.41) is 9.08. The lowest BCUT2D eigenvalue weighted by molar-refractivity contribution is 0.0684. The number of rotatable bonds is 4. The highest BCUT2D eigenvalue weighted by molar-refractivity contribution is 5.92. The van der Waals surface area contributed by atoms with Gasteiger partial charge in [0, 0.05) is 19.3 Å². The number of pyridine rings is 1. The molecule has 120 valence electrons. The van der Waals surface area contributed by atoms with Crippen LogP contribution in [0.1, 0.15) is 34.5 Å². The summed E-state index contributed by atoms with van der Waals surface area (Å²) in [5.41, 5.74) is 2.78. The van der Waals surface area contributed by atoms with Crippen molar-refractivity contribution in [3.05, 3.63) is 65.5 Å². The quantitative estimate of drug-likeness (QED) is 0.944. The molecule has 1 aromatic carbocycles. The van der Waals surface area contributed by atoms with Crippen molar-refractivity contribution in [1.29, 1.82) is 0 Å². The Bertz CT molecular complexity index is 632. The number of aromatic nitrogens is 1. The molecule has 2 heterocycles. The first kappa shape index (κ1) is 15.7. The molecule has 1 aromatic heterocycles. The van der Waals surface area contributed by atoms with E-state index in [1.165, 1.54) is 5.56 Å². The number of aliphatic hydroxyl groups excluding tert-OH is 1. The summed E-state index contributed by atoms with van der Waals surface area (Å²) < 4.78 is 0. The average molecular weight is 310 g/mol. The van der Waals surface area contributed by atoms with Crippen LogP contribution in [0.15, 0.2) is 48.7 Å². The second-order valence-electron chi connectivity index (χ2n) is 6.13. The fourth-order valence-corrected chi connectivity index (χ4v) is 3.11. The van der Waals surface area contributed by atoms with Gasteiger partial charge in [-0.3, -0.25) is 9.78 Å². The van der Waals surface area contributed by atoms with Crippen molar-refractivity contribution in [3.63, 3.8) is 0 Å². The van der Waals surface area contributed by atoms with E-state index in [1.807, 2.05) is 29.2 Å². The van der Waals surface area contributed by atoms with Crippen LogP contribution >= 0.6 is 0 Å². The highest BCUT2D eigenvalue weighted by Gasteiger charge is 2.24. The number of aliphatic hydroxyl groups is 1. The number of hydrogen-bond acceptors (Lipinski definition) is 3. The summed E-state index contributed by atoms with van der Waals surface area (Å²) in [6.07, 6.45) is 4.76. The molecule has 4 nitrogen and oxygen atoms in total. The fourth-order valence-electron chi connectivity index (χ4n) is 3.11. The van der Waals surface area contributed by atoms with Gasteiger partial charge in [-0.05, 0) is 48.4 Å². The number of benzene rings is 1. The Kier molecular flexibility index (Phi) is 5.03. The van der Waals surface area contributed by atoms with Gasteiger partial charge in [0.05, 0.1) is 6.61 Å². The Morgan fingerprint density at radius 3 is 2.39 bits per heavy atom. The highest BCUT2D eigenvalue weighted by Crippen LogP contribution is 2.22. The van der Waals surface area contributed by atoms with Gasteiger partial charge in [0.25, 0.3) is 5.91 Å². The van der Waals surface area contributed by atoms with E-state index < -0.39 is 0 Å². The van der Waals surface area contributed by atoms with Crippen molar-refractivity contribution in [1.82, 2.24) is 9.88 Å². The van der Waals surface area contributed by atoms with E-state index in [1.54, 1.807) is 12.3 Å². The molecule has 1 saturated heterocycles. The normalized spacial score (nSPS) is 15.6. The van der Waals surface area contributed by atoms with Crippen molar-refractivity contribution in [2.75, 3.05) is 13.1 Å². The monoisotopic (exact) mass is 310 g/mol. The van der Waals surface area contributed by atoms with E-state index in [0.29, 0.717) is 11.6 Å². The van der Waals surface area contributed by atoms with Crippen LogP contribution < -0.4 is 0 Å². The zero-order chi connectivity index (χ0) is 16.1. The number of likely N-dealkylation sites (tertiary alicyclic amines) is 1. The van der Waals surface area contributed by atoms with Gasteiger partial charge in [0.15, 0.2) is 0 Å². The molecule has 0 bridgehead atoms. The molecule has 1 aliphatic heterocycles. The third-order valence-electron chi connectivity index (χ3n) is 4.52. The first-order valence-electron chi connectivity index (χ1n) is 8.15. The molecule has 0 aliphatic carbocycles. The minimum Gasteiger partial charge on any atom is -0.392 e. The van der Waals surface area contributed by atoms with Crippen LogP contribution in [0.4, 0.5) is 0 Å². The van der Waals surface area contributed by atoms with Crippen molar-refractivity contribution < 1.29 is 9.90 Å². The smallest absolute Gasteiger partial charge is 0.272 e. The molecule has 1 fully saturated rings. The summed E-state index contributed by atoms with van der Waals surface area (Å²) in [6, 6.07) is 13.6. The first-order valence-corrected chi connectivity index (χ1v) is 8.15. The van der Waals surface area contributed by atoms with Gasteiger partial charge in [0.2, 0.25) is 0 Å². The van der Waals surface area contributed by atoms with Crippen LogP contribution in [0.5, 0.6) is 0 Å². The van der Waals surface area contributed by atoms with E-state index in [4.69, 9.17) is 5.11 Å². The van der Waals surface area contributed by atoms with E-state index in [0.717, 1.165) is 37.9 Å². The summed E-state index contributed by atoms with van der Waals surface area (Å²) in [5.74, 6) is 0.652. The van der Waals surface area contributed by atoms with Crippen LogP contribution in [0.3, 0.4) is 0 Å². The Morgan fingerprint density at radius 1 is 1.09 bits per heavy atom. The number of amides is 1. The molecule has 23 heavy (non-hydrogen) atoms. The minimum atomic E-state index is 0.0383. The van der Waals surface area contributed by atoms with Gasteiger partial charge in [-0.15, -0.1) is 0 Å². The lowest BCUT2D eigenvalue weighted by Crippen LogP contribution is -2.39. The molecule has 1 amide bonds. The molecule has 1 N–H and O–H groups in total. The van der Waals surface area contributed by atoms with Crippen LogP contribution in [0.25, 0.3) is 0 Å². The number of hydrogen-bond donors (Lipinski definition) is 1. The van der Waals surface area contributed by atoms with E-state index in [2.05, 4.69) is 17.1 Å². The molecule has 0 saturated carbocycles. The maximum Gasteiger partial charge on any atom is 0.272 e. The maximum atomic E-state index is 12.4. The van der Waals surface area contributed by atoms with E-state index >= 15 is 0 Å². The van der Waals surface area contributed by atoms with Crippen molar-refractivity contribution in [2.45, 2.75) is 25.9 Å². The molecule has 0 atom stereocenters. The van der Waals surface area contributed by atoms with Gasteiger partial charge in [-0.25, -0.2) is 0 Å². The summed E-state index contributed by atoms with van der Waals surface area (Å²) in [4.78, 5) is 18.4. The van der Waals surface area contributed by atoms with Crippen molar-refractivity contribution >= 4 is 5.91 Å². The Balaban J connectivity index is 1.53. The molecule has 1 aliphatic rings. The third-order valence-corrected chi connectivity index (χ3v) is 4.52. The SMILES string of the molecule is O=C(c1ccccn1)N1CCC(Cc2ccc(CO)cc2)CC1. The summed E-state index contributed by atoms with van der Waals surface area (Å²) in [7, 11) is 0. The van der Waals surface area contributed by atoms with E-state index in [9.17, 15) is 4.79 Å². The molecule has 4 heteroatoms. The van der Waals surface area contributed by atoms with Gasteiger partial charge < -0.3 is 10.0 Å². The topological polar surface area (TPSA) is 53.4 Å². The molecule has 0 radical (unpaired) electrons. The van der Waals surface area contributed by atoms with E-state index in [-0.39, 0.29) is 12.5 Å². The van der Waals surface area contributed by atoms with Crippen LogP contribution in [0, 0.1) is 5.92 Å². The second-order valence-corrected chi connectivity index (χ2v) is 6.13. The molecule has 3 rings (SSSR count). The van der Waals surface area contributed by atoms with Gasteiger partial charge in [0.1, 0.15) is 5.69 Å².